The Labute approximate surface area is 126 Å². The van der Waals surface area contributed by atoms with Gasteiger partial charge in [-0.2, -0.15) is 0 Å². The molecule has 1 unspecified atom stereocenters. The van der Waals surface area contributed by atoms with Gasteiger partial charge in [0.25, 0.3) is 0 Å². The monoisotopic (exact) mass is 307 g/mol. The van der Waals surface area contributed by atoms with Crippen molar-refractivity contribution in [2.75, 3.05) is 18.4 Å². The van der Waals surface area contributed by atoms with Crippen LogP contribution in [0.15, 0.2) is 29.6 Å². The van der Waals surface area contributed by atoms with Gasteiger partial charge in [-0.05, 0) is 19.0 Å². The zero-order valence-electron chi connectivity index (χ0n) is 10.7. The van der Waals surface area contributed by atoms with Gasteiger partial charge in [-0.25, -0.2) is 4.98 Å². The summed E-state index contributed by atoms with van der Waals surface area (Å²) in [6, 6.07) is 7.56. The molecule has 1 saturated heterocycles. The normalized spacial score (nSPS) is 18.1. The van der Waals surface area contributed by atoms with Crippen molar-refractivity contribution in [1.29, 1.82) is 0 Å². The zero-order valence-corrected chi connectivity index (χ0v) is 12.3. The highest BCUT2D eigenvalue weighted by molar-refractivity contribution is 7.14. The highest BCUT2D eigenvalue weighted by atomic mass is 35.5. The van der Waals surface area contributed by atoms with Gasteiger partial charge in [0, 0.05) is 22.5 Å². The van der Waals surface area contributed by atoms with Crippen molar-refractivity contribution in [2.24, 2.45) is 5.92 Å². The third-order valence-electron chi connectivity index (χ3n) is 3.32. The first kappa shape index (κ1) is 13.5. The number of nitrogens with one attached hydrogen (secondary N) is 2. The Kier molecular flexibility index (Phi) is 4.00. The number of halogens is 1. The maximum atomic E-state index is 12.0. The third kappa shape index (κ3) is 2.85. The van der Waals surface area contributed by atoms with Crippen LogP contribution in [0.5, 0.6) is 0 Å². The first-order chi connectivity index (χ1) is 9.74. The minimum Gasteiger partial charge on any atom is -0.316 e. The molecule has 0 radical (unpaired) electrons. The van der Waals surface area contributed by atoms with E-state index in [-0.39, 0.29) is 11.8 Å². The third-order valence-corrected chi connectivity index (χ3v) is 4.40. The second kappa shape index (κ2) is 5.91. The van der Waals surface area contributed by atoms with Crippen molar-refractivity contribution >= 4 is 34.0 Å². The highest BCUT2D eigenvalue weighted by Gasteiger charge is 2.23. The summed E-state index contributed by atoms with van der Waals surface area (Å²) >= 11 is 7.56. The molecule has 2 N–H and O–H groups in total. The van der Waals surface area contributed by atoms with Crippen LogP contribution < -0.4 is 10.6 Å². The minimum atomic E-state index is 0.0371. The largest absolute Gasteiger partial charge is 0.316 e. The quantitative estimate of drug-likeness (QED) is 0.916. The molecule has 3 rings (SSSR count). The van der Waals surface area contributed by atoms with E-state index in [9.17, 15) is 4.79 Å². The van der Waals surface area contributed by atoms with E-state index in [4.69, 9.17) is 11.6 Å². The number of nitrogens with zero attached hydrogens (tertiary/aromatic N) is 1. The van der Waals surface area contributed by atoms with Crippen LogP contribution in [0.3, 0.4) is 0 Å². The molecule has 0 saturated carbocycles. The molecule has 20 heavy (non-hydrogen) atoms. The van der Waals surface area contributed by atoms with Crippen LogP contribution in [0.4, 0.5) is 5.13 Å². The molecule has 1 fully saturated rings. The van der Waals surface area contributed by atoms with Gasteiger partial charge < -0.3 is 10.6 Å². The van der Waals surface area contributed by atoms with E-state index in [1.54, 1.807) is 0 Å². The second-order valence-electron chi connectivity index (χ2n) is 4.70. The van der Waals surface area contributed by atoms with Crippen molar-refractivity contribution in [3.05, 3.63) is 34.7 Å². The molecule has 1 aliphatic rings. The first-order valence-corrected chi connectivity index (χ1v) is 7.72. The molecule has 0 aliphatic carbocycles. The maximum Gasteiger partial charge on any atom is 0.230 e. The first-order valence-electron chi connectivity index (χ1n) is 6.46. The fourth-order valence-corrected chi connectivity index (χ4v) is 3.16. The molecule has 2 aromatic rings. The Hall–Kier alpha value is -1.43. The van der Waals surface area contributed by atoms with Crippen molar-refractivity contribution in [3.8, 4) is 11.3 Å². The Bertz CT molecular complexity index is 622. The van der Waals surface area contributed by atoms with Crippen LogP contribution in [0, 0.1) is 5.92 Å². The Morgan fingerprint density at radius 1 is 1.45 bits per heavy atom. The van der Waals surface area contributed by atoms with Crippen molar-refractivity contribution < 1.29 is 4.79 Å². The van der Waals surface area contributed by atoms with Crippen molar-refractivity contribution in [3.63, 3.8) is 0 Å². The summed E-state index contributed by atoms with van der Waals surface area (Å²) in [5.41, 5.74) is 1.67. The average Bonchev–Trinajstić information content (AvgIpc) is 3.10. The predicted molar refractivity (Wildman–Crippen MR) is 82.2 cm³/mol. The van der Waals surface area contributed by atoms with Gasteiger partial charge in [0.1, 0.15) is 0 Å². The van der Waals surface area contributed by atoms with Crippen LogP contribution in [-0.2, 0) is 4.79 Å². The van der Waals surface area contributed by atoms with Gasteiger partial charge in [0.15, 0.2) is 5.13 Å². The maximum absolute atomic E-state index is 12.0. The summed E-state index contributed by atoms with van der Waals surface area (Å²) in [6.07, 6.45) is 0.884. The summed E-state index contributed by atoms with van der Waals surface area (Å²) in [5, 5.41) is 9.25. The molecular formula is C14H14ClN3OS. The molecule has 1 aromatic carbocycles. The standard InChI is InChI=1S/C14H14ClN3OS/c15-11-4-2-1-3-10(11)12-8-20-14(17-12)18-13(19)9-5-6-16-7-9/h1-4,8-9,16H,5-7H2,(H,17,18,19). The summed E-state index contributed by atoms with van der Waals surface area (Å²) in [7, 11) is 0. The number of thiazole rings is 1. The minimum absolute atomic E-state index is 0.0371. The van der Waals surface area contributed by atoms with Crippen molar-refractivity contribution in [2.45, 2.75) is 6.42 Å². The Morgan fingerprint density at radius 2 is 2.30 bits per heavy atom. The number of hydrogen-bond donors (Lipinski definition) is 2. The fourth-order valence-electron chi connectivity index (χ4n) is 2.21. The number of carbonyl (C=O) groups excluding carboxylic acids is 1. The van der Waals surface area contributed by atoms with E-state index in [1.807, 2.05) is 29.6 Å². The van der Waals surface area contributed by atoms with Gasteiger partial charge in [-0.3, -0.25) is 4.79 Å². The van der Waals surface area contributed by atoms with Gasteiger partial charge in [-0.15, -0.1) is 11.3 Å². The SMILES string of the molecule is O=C(Nc1nc(-c2ccccc2Cl)cs1)C1CCNC1. The van der Waals surface area contributed by atoms with Crippen LogP contribution in [-0.4, -0.2) is 24.0 Å². The summed E-state index contributed by atoms with van der Waals surface area (Å²) < 4.78 is 0. The molecule has 1 aliphatic heterocycles. The molecule has 2 heterocycles. The van der Waals surface area contributed by atoms with Crippen LogP contribution in [0.1, 0.15) is 6.42 Å². The molecule has 0 bridgehead atoms. The second-order valence-corrected chi connectivity index (χ2v) is 5.96. The van der Waals surface area contributed by atoms with E-state index >= 15 is 0 Å². The number of amides is 1. The van der Waals surface area contributed by atoms with E-state index in [2.05, 4.69) is 15.6 Å². The predicted octanol–water partition coefficient (Wildman–Crippen LogP) is 3.01. The molecule has 0 spiro atoms. The van der Waals surface area contributed by atoms with Crippen LogP contribution >= 0.6 is 22.9 Å². The lowest BCUT2D eigenvalue weighted by molar-refractivity contribution is -0.119. The highest BCUT2D eigenvalue weighted by Crippen LogP contribution is 2.30. The lowest BCUT2D eigenvalue weighted by Crippen LogP contribution is -2.24. The Morgan fingerprint density at radius 3 is 3.05 bits per heavy atom. The number of hydrogen-bond acceptors (Lipinski definition) is 4. The fraction of sp³-hybridized carbons (Fsp3) is 0.286. The smallest absolute Gasteiger partial charge is 0.230 e. The molecule has 1 amide bonds. The summed E-state index contributed by atoms with van der Waals surface area (Å²) in [6.45, 7) is 1.65. The summed E-state index contributed by atoms with van der Waals surface area (Å²) in [5.74, 6) is 0.0812. The van der Waals surface area contributed by atoms with Gasteiger partial charge in [0.2, 0.25) is 5.91 Å². The number of carbonyl (C=O) groups is 1. The number of anilines is 1. The molecular weight excluding hydrogens is 294 g/mol. The van der Waals surface area contributed by atoms with E-state index in [0.29, 0.717) is 10.2 Å². The lowest BCUT2D eigenvalue weighted by Gasteiger charge is -2.06. The van der Waals surface area contributed by atoms with E-state index < -0.39 is 0 Å². The van der Waals surface area contributed by atoms with Gasteiger partial charge in [-0.1, -0.05) is 29.8 Å². The van der Waals surface area contributed by atoms with Crippen LogP contribution in [0.25, 0.3) is 11.3 Å². The average molecular weight is 308 g/mol. The summed E-state index contributed by atoms with van der Waals surface area (Å²) in [4.78, 5) is 16.5. The van der Waals surface area contributed by atoms with E-state index in [1.165, 1.54) is 11.3 Å². The van der Waals surface area contributed by atoms with Gasteiger partial charge in [0.05, 0.1) is 11.6 Å². The van der Waals surface area contributed by atoms with Crippen LogP contribution in [0.2, 0.25) is 5.02 Å². The molecule has 1 aromatic heterocycles. The molecule has 4 nitrogen and oxygen atoms in total. The molecule has 1 atom stereocenters. The Balaban J connectivity index is 1.74. The number of benzene rings is 1. The number of aromatic nitrogens is 1. The molecule has 6 heteroatoms. The van der Waals surface area contributed by atoms with E-state index in [0.717, 1.165) is 30.8 Å². The molecule has 104 valence electrons. The zero-order chi connectivity index (χ0) is 13.9. The number of rotatable bonds is 3. The van der Waals surface area contributed by atoms with Crippen molar-refractivity contribution in [1.82, 2.24) is 10.3 Å². The lowest BCUT2D eigenvalue weighted by atomic mass is 10.1. The topological polar surface area (TPSA) is 54.0 Å². The van der Waals surface area contributed by atoms with Gasteiger partial charge >= 0.3 is 0 Å².